The van der Waals surface area contributed by atoms with Gasteiger partial charge in [-0.25, -0.2) is 14.8 Å². The van der Waals surface area contributed by atoms with Gasteiger partial charge < -0.3 is 9.67 Å². The first kappa shape index (κ1) is 16.5. The predicted molar refractivity (Wildman–Crippen MR) is 104 cm³/mol. The largest absolute Gasteiger partial charge is 0.478 e. The molecule has 0 saturated carbocycles. The Morgan fingerprint density at radius 3 is 2.62 bits per heavy atom. The zero-order chi connectivity index (χ0) is 18.3. The Kier molecular flexibility index (Phi) is 4.05. The zero-order valence-corrected chi connectivity index (χ0v) is 15.4. The number of pyridine rings is 1. The van der Waals surface area contributed by atoms with Crippen LogP contribution in [-0.4, -0.2) is 25.6 Å². The molecule has 2 aromatic heterocycles. The van der Waals surface area contributed by atoms with Gasteiger partial charge in [-0.05, 0) is 24.3 Å². The number of aromatic carboxylic acids is 1. The van der Waals surface area contributed by atoms with Crippen LogP contribution in [0.2, 0.25) is 0 Å². The van der Waals surface area contributed by atoms with Crippen LogP contribution in [0.25, 0.3) is 33.7 Å². The average molecular weight is 408 g/mol. The third kappa shape index (κ3) is 2.78. The maximum absolute atomic E-state index is 11.8. The van der Waals surface area contributed by atoms with Gasteiger partial charge in [0.1, 0.15) is 5.82 Å². The van der Waals surface area contributed by atoms with E-state index in [0.717, 1.165) is 21.6 Å². The molecule has 0 saturated heterocycles. The molecule has 0 unspecified atom stereocenters. The Hall–Kier alpha value is -2.99. The SMILES string of the molecule is Cn1c(-c2cc(C(=O)O)c3cc(Br)ccc3n2)cnc1-c1ccccc1. The summed E-state index contributed by atoms with van der Waals surface area (Å²) >= 11 is 3.39. The fourth-order valence-electron chi connectivity index (χ4n) is 3.01. The molecule has 128 valence electrons. The Morgan fingerprint density at radius 2 is 1.88 bits per heavy atom. The van der Waals surface area contributed by atoms with E-state index in [-0.39, 0.29) is 5.56 Å². The van der Waals surface area contributed by atoms with Crippen LogP contribution in [0.3, 0.4) is 0 Å². The second-order valence-corrected chi connectivity index (χ2v) is 6.83. The van der Waals surface area contributed by atoms with Crippen LogP contribution in [0.15, 0.2) is 65.3 Å². The van der Waals surface area contributed by atoms with E-state index in [9.17, 15) is 9.90 Å². The van der Waals surface area contributed by atoms with Gasteiger partial charge in [-0.3, -0.25) is 0 Å². The summed E-state index contributed by atoms with van der Waals surface area (Å²) in [6.45, 7) is 0. The second kappa shape index (κ2) is 6.38. The van der Waals surface area contributed by atoms with E-state index in [1.54, 1.807) is 18.3 Å². The number of hydrogen-bond acceptors (Lipinski definition) is 3. The number of halogens is 1. The molecular weight excluding hydrogens is 394 g/mol. The molecule has 1 N–H and O–H groups in total. The van der Waals surface area contributed by atoms with Gasteiger partial charge in [0.25, 0.3) is 0 Å². The number of aromatic nitrogens is 3. The maximum atomic E-state index is 11.8. The number of carboxylic acids is 1. The van der Waals surface area contributed by atoms with Crippen molar-refractivity contribution in [1.29, 1.82) is 0 Å². The van der Waals surface area contributed by atoms with Crippen molar-refractivity contribution in [2.45, 2.75) is 0 Å². The number of benzene rings is 2. The van der Waals surface area contributed by atoms with Crippen LogP contribution >= 0.6 is 15.9 Å². The van der Waals surface area contributed by atoms with Crippen molar-refractivity contribution < 1.29 is 9.90 Å². The first-order chi connectivity index (χ1) is 12.5. The molecule has 0 bridgehead atoms. The summed E-state index contributed by atoms with van der Waals surface area (Å²) in [5.41, 5.74) is 3.18. The van der Waals surface area contributed by atoms with Crippen LogP contribution in [0.1, 0.15) is 10.4 Å². The van der Waals surface area contributed by atoms with Gasteiger partial charge in [0.05, 0.1) is 28.7 Å². The number of hydrogen-bond donors (Lipinski definition) is 1. The number of fused-ring (bicyclic) bond motifs is 1. The molecule has 6 heteroatoms. The van der Waals surface area contributed by atoms with Gasteiger partial charge in [0.2, 0.25) is 0 Å². The molecule has 0 aliphatic rings. The molecule has 0 radical (unpaired) electrons. The summed E-state index contributed by atoms with van der Waals surface area (Å²) in [7, 11) is 1.90. The molecule has 0 fully saturated rings. The monoisotopic (exact) mass is 407 g/mol. The lowest BCUT2D eigenvalue weighted by molar-refractivity contribution is 0.0699. The summed E-state index contributed by atoms with van der Waals surface area (Å²) < 4.78 is 2.74. The minimum Gasteiger partial charge on any atom is -0.478 e. The van der Waals surface area contributed by atoms with Gasteiger partial charge in [0.15, 0.2) is 0 Å². The third-order valence-corrected chi connectivity index (χ3v) is 4.78. The Balaban J connectivity index is 1.92. The number of rotatable bonds is 3. The van der Waals surface area contributed by atoms with Gasteiger partial charge in [-0.1, -0.05) is 46.3 Å². The topological polar surface area (TPSA) is 68.0 Å². The molecule has 0 atom stereocenters. The molecule has 5 nitrogen and oxygen atoms in total. The smallest absolute Gasteiger partial charge is 0.336 e. The lowest BCUT2D eigenvalue weighted by Crippen LogP contribution is -2.02. The molecule has 0 aliphatic heterocycles. The molecule has 4 aromatic rings. The molecule has 0 amide bonds. The van der Waals surface area contributed by atoms with E-state index >= 15 is 0 Å². The van der Waals surface area contributed by atoms with E-state index in [2.05, 4.69) is 25.9 Å². The van der Waals surface area contributed by atoms with Gasteiger partial charge in [-0.15, -0.1) is 0 Å². The standard InChI is InChI=1S/C20H14BrN3O2/c1-24-18(11-22-19(24)12-5-3-2-4-6-12)17-10-15(20(25)26)14-9-13(21)7-8-16(14)23-17/h2-11H,1H3,(H,25,26). The second-order valence-electron chi connectivity index (χ2n) is 5.91. The highest BCUT2D eigenvalue weighted by atomic mass is 79.9. The molecule has 2 aromatic carbocycles. The number of nitrogens with zero attached hydrogens (tertiary/aromatic N) is 3. The zero-order valence-electron chi connectivity index (χ0n) is 13.8. The van der Waals surface area contributed by atoms with Gasteiger partial charge in [0, 0.05) is 22.5 Å². The first-order valence-corrected chi connectivity index (χ1v) is 8.75. The van der Waals surface area contributed by atoms with E-state index in [1.165, 1.54) is 0 Å². The minimum atomic E-state index is -0.984. The molecule has 2 heterocycles. The lowest BCUT2D eigenvalue weighted by Gasteiger charge is -2.09. The Bertz CT molecular complexity index is 1140. The summed E-state index contributed by atoms with van der Waals surface area (Å²) in [5, 5.41) is 10.2. The van der Waals surface area contributed by atoms with Crippen molar-refractivity contribution in [2.75, 3.05) is 0 Å². The quantitative estimate of drug-likeness (QED) is 0.531. The van der Waals surface area contributed by atoms with Crippen molar-refractivity contribution in [3.8, 4) is 22.8 Å². The third-order valence-electron chi connectivity index (χ3n) is 4.28. The lowest BCUT2D eigenvalue weighted by atomic mass is 10.1. The van der Waals surface area contributed by atoms with E-state index in [0.29, 0.717) is 16.6 Å². The number of carbonyl (C=O) groups is 1. The van der Waals surface area contributed by atoms with Crippen LogP contribution in [0.4, 0.5) is 0 Å². The van der Waals surface area contributed by atoms with Crippen molar-refractivity contribution in [2.24, 2.45) is 7.05 Å². The average Bonchev–Trinajstić information content (AvgIpc) is 3.03. The van der Waals surface area contributed by atoms with Crippen molar-refractivity contribution in [3.63, 3.8) is 0 Å². The van der Waals surface area contributed by atoms with E-state index in [1.807, 2.05) is 54.1 Å². The number of carboxylic acid groups (broad SMARTS) is 1. The highest BCUT2D eigenvalue weighted by molar-refractivity contribution is 9.10. The highest BCUT2D eigenvalue weighted by Gasteiger charge is 2.17. The van der Waals surface area contributed by atoms with Gasteiger partial charge in [-0.2, -0.15) is 0 Å². The highest BCUT2D eigenvalue weighted by Crippen LogP contribution is 2.29. The molecular formula is C20H14BrN3O2. The van der Waals surface area contributed by atoms with Crippen molar-refractivity contribution in [1.82, 2.24) is 14.5 Å². The minimum absolute atomic E-state index is 0.216. The number of imidazole rings is 1. The molecule has 0 aliphatic carbocycles. The summed E-state index contributed by atoms with van der Waals surface area (Å²) in [5.74, 6) is -0.183. The summed E-state index contributed by atoms with van der Waals surface area (Å²) in [4.78, 5) is 20.9. The fraction of sp³-hybridized carbons (Fsp3) is 0.0500. The van der Waals surface area contributed by atoms with E-state index < -0.39 is 5.97 Å². The van der Waals surface area contributed by atoms with E-state index in [4.69, 9.17) is 0 Å². The normalized spacial score (nSPS) is 11.0. The predicted octanol–water partition coefficient (Wildman–Crippen LogP) is 4.76. The molecule has 0 spiro atoms. The molecule has 4 rings (SSSR count). The van der Waals surface area contributed by atoms with Crippen LogP contribution < -0.4 is 0 Å². The molecule has 26 heavy (non-hydrogen) atoms. The Labute approximate surface area is 158 Å². The maximum Gasteiger partial charge on any atom is 0.336 e. The van der Waals surface area contributed by atoms with Gasteiger partial charge >= 0.3 is 5.97 Å². The summed E-state index contributed by atoms with van der Waals surface area (Å²) in [6, 6.07) is 16.9. The van der Waals surface area contributed by atoms with Crippen LogP contribution in [-0.2, 0) is 7.05 Å². The Morgan fingerprint density at radius 1 is 1.12 bits per heavy atom. The van der Waals surface area contributed by atoms with Crippen molar-refractivity contribution in [3.05, 3.63) is 70.8 Å². The van der Waals surface area contributed by atoms with Crippen molar-refractivity contribution >= 4 is 32.8 Å². The van der Waals surface area contributed by atoms with Crippen LogP contribution in [0, 0.1) is 0 Å². The fourth-order valence-corrected chi connectivity index (χ4v) is 3.37. The summed E-state index contributed by atoms with van der Waals surface area (Å²) in [6.07, 6.45) is 1.72. The van der Waals surface area contributed by atoms with Crippen LogP contribution in [0.5, 0.6) is 0 Å². The first-order valence-electron chi connectivity index (χ1n) is 7.95.